The summed E-state index contributed by atoms with van der Waals surface area (Å²) < 4.78 is 22.9. The van der Waals surface area contributed by atoms with Crippen molar-refractivity contribution in [3.8, 4) is 11.5 Å². The minimum absolute atomic E-state index is 0.177. The van der Waals surface area contributed by atoms with Gasteiger partial charge in [-0.2, -0.15) is 0 Å². The smallest absolute Gasteiger partial charge is 0.314 e. The summed E-state index contributed by atoms with van der Waals surface area (Å²) in [4.78, 5) is 51.0. The lowest BCUT2D eigenvalue weighted by Crippen LogP contribution is -2.30. The molecule has 8 nitrogen and oxygen atoms in total. The van der Waals surface area contributed by atoms with Gasteiger partial charge in [-0.25, -0.2) is 0 Å². The van der Waals surface area contributed by atoms with E-state index in [-0.39, 0.29) is 47.9 Å². The summed E-state index contributed by atoms with van der Waals surface area (Å²) >= 11 is 0. The minimum Gasteiger partial charge on any atom is -0.462 e. The monoisotopic (exact) mass is 724 g/mol. The van der Waals surface area contributed by atoms with Crippen LogP contribution in [0, 0.1) is 18.8 Å². The van der Waals surface area contributed by atoms with E-state index in [1.165, 1.54) is 11.1 Å². The minimum atomic E-state index is -0.302. The Labute approximate surface area is 314 Å². The van der Waals surface area contributed by atoms with E-state index in [1.807, 2.05) is 6.92 Å². The molecule has 3 aromatic carbocycles. The number of hydrogen-bond acceptors (Lipinski definition) is 8. The predicted molar refractivity (Wildman–Crippen MR) is 204 cm³/mol. The van der Waals surface area contributed by atoms with Gasteiger partial charge >= 0.3 is 23.9 Å². The van der Waals surface area contributed by atoms with Crippen LogP contribution in [0.4, 0.5) is 0 Å². The molecule has 2 aliphatic carbocycles. The third-order valence-electron chi connectivity index (χ3n) is 10.5. The van der Waals surface area contributed by atoms with Crippen molar-refractivity contribution in [3.05, 3.63) is 94.5 Å². The fourth-order valence-electron chi connectivity index (χ4n) is 7.33. The number of carbonyl (C=O) groups excluding carboxylic acids is 4. The van der Waals surface area contributed by atoms with Crippen molar-refractivity contribution in [1.82, 2.24) is 0 Å². The van der Waals surface area contributed by atoms with E-state index in [1.54, 1.807) is 18.2 Å². The third kappa shape index (κ3) is 12.6. The maximum absolute atomic E-state index is 13.0. The second-order valence-corrected chi connectivity index (χ2v) is 14.8. The van der Waals surface area contributed by atoms with E-state index in [2.05, 4.69) is 62.4 Å². The maximum Gasteiger partial charge on any atom is 0.314 e. The summed E-state index contributed by atoms with van der Waals surface area (Å²) in [7, 11) is 0. The Hall–Kier alpha value is -4.46. The molecule has 8 heteroatoms. The van der Waals surface area contributed by atoms with Gasteiger partial charge in [0, 0.05) is 12.8 Å². The molecule has 5 rings (SSSR count). The van der Waals surface area contributed by atoms with Crippen LogP contribution in [-0.2, 0) is 54.3 Å². The molecule has 0 spiro atoms. The first-order chi connectivity index (χ1) is 25.7. The van der Waals surface area contributed by atoms with Gasteiger partial charge in [0.1, 0.15) is 23.7 Å². The van der Waals surface area contributed by atoms with Gasteiger partial charge in [0.2, 0.25) is 0 Å². The number of hydrogen-bond donors (Lipinski definition) is 0. The summed E-state index contributed by atoms with van der Waals surface area (Å²) in [5.41, 5.74) is 5.57. The van der Waals surface area contributed by atoms with Gasteiger partial charge in [0.25, 0.3) is 0 Å². The topological polar surface area (TPSA) is 105 Å². The maximum atomic E-state index is 13.0. The first-order valence-corrected chi connectivity index (χ1v) is 19.8. The normalized spacial score (nSPS) is 19.9. The first kappa shape index (κ1) is 39.7. The second-order valence-electron chi connectivity index (χ2n) is 14.8. The van der Waals surface area contributed by atoms with Crippen LogP contribution in [0.15, 0.2) is 66.7 Å². The summed E-state index contributed by atoms with van der Waals surface area (Å²) in [6, 6.07) is 21.9. The molecule has 0 aromatic heterocycles. The molecule has 0 heterocycles. The molecule has 0 amide bonds. The van der Waals surface area contributed by atoms with Crippen molar-refractivity contribution >= 4 is 23.9 Å². The zero-order valence-corrected chi connectivity index (χ0v) is 31.7. The van der Waals surface area contributed by atoms with E-state index in [9.17, 15) is 19.2 Å². The number of benzene rings is 3. The average Bonchev–Trinajstić information content (AvgIpc) is 3.16. The van der Waals surface area contributed by atoms with Crippen LogP contribution in [0.1, 0.15) is 119 Å². The fourth-order valence-corrected chi connectivity index (χ4v) is 7.33. The molecule has 0 bridgehead atoms. The highest BCUT2D eigenvalue weighted by molar-refractivity contribution is 5.77. The standard InChI is InChI=1S/C45H56O8/c1-4-6-32-8-12-34(13-9-32)16-28-42(46)50-38-22-18-36(19-23-38)44(48)52-40-26-27-41(31(3)30-40)53-45(49)37-20-24-39(25-21-37)51-43(47)29-17-35-14-10-33(7-5-2)11-15-35/h8-15,26-27,30,36-39H,4-7,16-25,28-29H2,1-3H3. The Kier molecular flexibility index (Phi) is 15.1. The Balaban J connectivity index is 0.970. The largest absolute Gasteiger partial charge is 0.462 e. The zero-order valence-electron chi connectivity index (χ0n) is 31.7. The lowest BCUT2D eigenvalue weighted by Gasteiger charge is -2.27. The van der Waals surface area contributed by atoms with Gasteiger partial charge in [-0.15, -0.1) is 0 Å². The molecular formula is C45H56O8. The van der Waals surface area contributed by atoms with E-state index < -0.39 is 0 Å². The van der Waals surface area contributed by atoms with Gasteiger partial charge in [-0.3, -0.25) is 19.2 Å². The molecular weight excluding hydrogens is 668 g/mol. The van der Waals surface area contributed by atoms with Gasteiger partial charge in [0.05, 0.1) is 11.8 Å². The molecule has 284 valence electrons. The molecule has 0 saturated heterocycles. The number of esters is 4. The molecule has 2 aliphatic rings. The Morgan fingerprint density at radius 1 is 0.528 bits per heavy atom. The summed E-state index contributed by atoms with van der Waals surface area (Å²) in [5.74, 6) is -0.692. The van der Waals surface area contributed by atoms with Crippen LogP contribution in [0.5, 0.6) is 11.5 Å². The predicted octanol–water partition coefficient (Wildman–Crippen LogP) is 9.18. The molecule has 0 unspecified atom stereocenters. The van der Waals surface area contributed by atoms with Crippen LogP contribution >= 0.6 is 0 Å². The second kappa shape index (κ2) is 20.1. The van der Waals surface area contributed by atoms with Crippen molar-refractivity contribution in [3.63, 3.8) is 0 Å². The summed E-state index contributed by atoms with van der Waals surface area (Å²) in [6.45, 7) is 6.14. The SMILES string of the molecule is CCCc1ccc(CCC(=O)OC2CCC(C(=O)Oc3ccc(OC(=O)C4CCC(OC(=O)CCc5ccc(CCC)cc5)CC4)c(C)c3)CC2)cc1. The number of ether oxygens (including phenoxy) is 4. The third-order valence-corrected chi connectivity index (χ3v) is 10.5. The number of carbonyl (C=O) groups is 4. The molecule has 2 fully saturated rings. The first-order valence-electron chi connectivity index (χ1n) is 19.8. The van der Waals surface area contributed by atoms with E-state index in [4.69, 9.17) is 18.9 Å². The number of rotatable bonds is 16. The molecule has 3 aromatic rings. The lowest BCUT2D eigenvalue weighted by molar-refractivity contribution is -0.153. The molecule has 0 atom stereocenters. The van der Waals surface area contributed by atoms with Crippen molar-refractivity contribution in [1.29, 1.82) is 0 Å². The van der Waals surface area contributed by atoms with Crippen LogP contribution in [0.2, 0.25) is 0 Å². The quantitative estimate of drug-likeness (QED) is 0.106. The van der Waals surface area contributed by atoms with Crippen molar-refractivity contribution in [2.24, 2.45) is 11.8 Å². The van der Waals surface area contributed by atoms with Crippen molar-refractivity contribution < 1.29 is 38.1 Å². The van der Waals surface area contributed by atoms with Crippen LogP contribution < -0.4 is 9.47 Å². The Morgan fingerprint density at radius 3 is 1.32 bits per heavy atom. The van der Waals surface area contributed by atoms with Gasteiger partial charge in [-0.05, 0) is 130 Å². The van der Waals surface area contributed by atoms with Crippen LogP contribution in [-0.4, -0.2) is 36.1 Å². The summed E-state index contributed by atoms with van der Waals surface area (Å²) in [5, 5.41) is 0. The molecule has 0 radical (unpaired) electrons. The highest BCUT2D eigenvalue weighted by Crippen LogP contribution is 2.32. The fraction of sp³-hybridized carbons (Fsp3) is 0.511. The zero-order chi connectivity index (χ0) is 37.6. The Bertz CT molecular complexity index is 1640. The van der Waals surface area contributed by atoms with Gasteiger partial charge in [-0.1, -0.05) is 75.2 Å². The highest BCUT2D eigenvalue weighted by Gasteiger charge is 2.31. The Morgan fingerprint density at radius 2 is 0.925 bits per heavy atom. The highest BCUT2D eigenvalue weighted by atomic mass is 16.6. The van der Waals surface area contributed by atoms with Gasteiger partial charge < -0.3 is 18.9 Å². The van der Waals surface area contributed by atoms with Crippen molar-refractivity contribution in [2.45, 2.75) is 136 Å². The van der Waals surface area contributed by atoms with Gasteiger partial charge in [0.15, 0.2) is 0 Å². The van der Waals surface area contributed by atoms with E-state index in [0.29, 0.717) is 94.1 Å². The molecule has 0 N–H and O–H groups in total. The lowest BCUT2D eigenvalue weighted by atomic mass is 9.87. The number of aryl methyl sites for hydroxylation is 5. The van der Waals surface area contributed by atoms with Crippen LogP contribution in [0.25, 0.3) is 0 Å². The molecule has 2 saturated carbocycles. The van der Waals surface area contributed by atoms with E-state index in [0.717, 1.165) is 36.8 Å². The van der Waals surface area contributed by atoms with Crippen LogP contribution in [0.3, 0.4) is 0 Å². The average molecular weight is 725 g/mol. The molecule has 53 heavy (non-hydrogen) atoms. The summed E-state index contributed by atoms with van der Waals surface area (Å²) in [6.07, 6.45) is 10.9. The van der Waals surface area contributed by atoms with E-state index >= 15 is 0 Å². The molecule has 0 aliphatic heterocycles. The van der Waals surface area contributed by atoms with Crippen molar-refractivity contribution in [2.75, 3.05) is 0 Å².